The van der Waals surface area contributed by atoms with Gasteiger partial charge in [-0.15, -0.1) is 0 Å². The molecule has 0 atom stereocenters. The topological polar surface area (TPSA) is 67.5 Å². The Labute approximate surface area is 153 Å². The van der Waals surface area contributed by atoms with Crippen molar-refractivity contribution < 1.29 is 9.47 Å². The van der Waals surface area contributed by atoms with Crippen LogP contribution in [0.4, 0.5) is 0 Å². The lowest BCUT2D eigenvalue weighted by Crippen LogP contribution is -2.35. The van der Waals surface area contributed by atoms with Gasteiger partial charge in [0.15, 0.2) is 0 Å². The summed E-state index contributed by atoms with van der Waals surface area (Å²) in [4.78, 5) is 22.4. The molecule has 0 amide bonds. The van der Waals surface area contributed by atoms with E-state index in [1.807, 2.05) is 13.0 Å². The van der Waals surface area contributed by atoms with Crippen LogP contribution in [0.2, 0.25) is 0 Å². The number of hydrogen-bond donors (Lipinski definition) is 1. The van der Waals surface area contributed by atoms with Gasteiger partial charge in [0, 0.05) is 42.2 Å². The lowest BCUT2D eigenvalue weighted by molar-refractivity contribution is 0.236. The fraction of sp³-hybridized carbons (Fsp3) is 0.500. The third-order valence-electron chi connectivity index (χ3n) is 5.39. The van der Waals surface area contributed by atoms with E-state index >= 15 is 0 Å². The molecule has 0 saturated heterocycles. The van der Waals surface area contributed by atoms with Crippen molar-refractivity contribution in [1.82, 2.24) is 14.9 Å². The summed E-state index contributed by atoms with van der Waals surface area (Å²) in [6.07, 6.45) is 3.00. The van der Waals surface area contributed by atoms with Gasteiger partial charge >= 0.3 is 0 Å². The van der Waals surface area contributed by atoms with E-state index < -0.39 is 0 Å². The number of hydrogen-bond acceptors (Lipinski definition) is 5. The molecular weight excluding hydrogens is 330 g/mol. The summed E-state index contributed by atoms with van der Waals surface area (Å²) >= 11 is 0. The minimum atomic E-state index is 0.0504. The molecule has 0 radical (unpaired) electrons. The van der Waals surface area contributed by atoms with Gasteiger partial charge < -0.3 is 14.5 Å². The molecule has 4 rings (SSSR count). The van der Waals surface area contributed by atoms with E-state index in [1.165, 1.54) is 0 Å². The zero-order valence-electron chi connectivity index (χ0n) is 15.6. The summed E-state index contributed by atoms with van der Waals surface area (Å²) in [7, 11) is 3.36. The van der Waals surface area contributed by atoms with Crippen LogP contribution in [0.3, 0.4) is 0 Å². The molecule has 26 heavy (non-hydrogen) atoms. The zero-order valence-corrected chi connectivity index (χ0v) is 15.6. The number of H-pyrrole nitrogens is 1. The van der Waals surface area contributed by atoms with Gasteiger partial charge in [-0.2, -0.15) is 0 Å². The standard InChI is InChI=1S/C20H25N3O3/c1-12-17(25-2)7-6-14(18(12)26-3)10-23-9-8-15-16(11-23)21-19(13-4-5-13)22-20(15)24/h6-7,13H,4-5,8-11H2,1-3H3,(H,21,22,24). The molecule has 1 saturated carbocycles. The largest absolute Gasteiger partial charge is 0.496 e. The van der Waals surface area contributed by atoms with E-state index in [0.717, 1.165) is 72.1 Å². The molecule has 6 nitrogen and oxygen atoms in total. The molecule has 1 aliphatic carbocycles. The Morgan fingerprint density at radius 2 is 2.08 bits per heavy atom. The van der Waals surface area contributed by atoms with E-state index in [1.54, 1.807) is 14.2 Å². The summed E-state index contributed by atoms with van der Waals surface area (Å²) in [6, 6.07) is 4.04. The molecule has 2 aromatic rings. The van der Waals surface area contributed by atoms with Crippen molar-refractivity contribution in [3.8, 4) is 11.5 Å². The summed E-state index contributed by atoms with van der Waals surface area (Å²) in [5.74, 6) is 3.02. The Morgan fingerprint density at radius 1 is 1.27 bits per heavy atom. The highest BCUT2D eigenvalue weighted by molar-refractivity contribution is 5.49. The second kappa shape index (κ2) is 6.76. The molecule has 1 fully saturated rings. The van der Waals surface area contributed by atoms with Crippen molar-refractivity contribution >= 4 is 0 Å². The molecule has 0 spiro atoms. The highest BCUT2D eigenvalue weighted by Gasteiger charge is 2.29. The Balaban J connectivity index is 1.58. The van der Waals surface area contributed by atoms with Gasteiger partial charge in [0.25, 0.3) is 5.56 Å². The number of nitrogens with one attached hydrogen (secondary N) is 1. The summed E-state index contributed by atoms with van der Waals surface area (Å²) in [5, 5.41) is 0. The lowest BCUT2D eigenvalue weighted by Gasteiger charge is -2.28. The van der Waals surface area contributed by atoms with Crippen LogP contribution in [0.25, 0.3) is 0 Å². The molecular formula is C20H25N3O3. The van der Waals surface area contributed by atoms with Crippen LogP contribution >= 0.6 is 0 Å². The highest BCUT2D eigenvalue weighted by Crippen LogP contribution is 2.38. The van der Waals surface area contributed by atoms with E-state index in [-0.39, 0.29) is 5.56 Å². The number of nitrogens with zero attached hydrogens (tertiary/aromatic N) is 2. The van der Waals surface area contributed by atoms with Crippen LogP contribution in [0.5, 0.6) is 11.5 Å². The van der Waals surface area contributed by atoms with E-state index in [9.17, 15) is 4.79 Å². The van der Waals surface area contributed by atoms with Gasteiger partial charge in [0.2, 0.25) is 0 Å². The molecule has 2 aliphatic rings. The first-order valence-electron chi connectivity index (χ1n) is 9.15. The second-order valence-electron chi connectivity index (χ2n) is 7.20. The number of fused-ring (bicyclic) bond motifs is 1. The predicted octanol–water partition coefficient (Wildman–Crippen LogP) is 2.53. The molecule has 1 aromatic heterocycles. The Hall–Kier alpha value is -2.34. The zero-order chi connectivity index (χ0) is 18.3. The Bertz CT molecular complexity index is 887. The molecule has 2 heterocycles. The minimum absolute atomic E-state index is 0.0504. The van der Waals surface area contributed by atoms with Gasteiger partial charge in [-0.05, 0) is 32.3 Å². The maximum atomic E-state index is 12.3. The fourth-order valence-corrected chi connectivity index (χ4v) is 3.80. The smallest absolute Gasteiger partial charge is 0.254 e. The normalized spacial score (nSPS) is 17.0. The second-order valence-corrected chi connectivity index (χ2v) is 7.20. The molecule has 1 aromatic carbocycles. The summed E-state index contributed by atoms with van der Waals surface area (Å²) < 4.78 is 11.0. The minimum Gasteiger partial charge on any atom is -0.496 e. The van der Waals surface area contributed by atoms with Crippen molar-refractivity contribution in [2.45, 2.75) is 45.2 Å². The first-order valence-corrected chi connectivity index (χ1v) is 9.15. The summed E-state index contributed by atoms with van der Waals surface area (Å²) in [5.41, 5.74) is 3.97. The van der Waals surface area contributed by atoms with Crippen molar-refractivity contribution in [3.05, 3.63) is 50.7 Å². The van der Waals surface area contributed by atoms with E-state index in [4.69, 9.17) is 14.5 Å². The molecule has 1 N–H and O–H groups in total. The maximum Gasteiger partial charge on any atom is 0.254 e. The van der Waals surface area contributed by atoms with Crippen LogP contribution in [0.1, 0.15) is 47.0 Å². The predicted molar refractivity (Wildman–Crippen MR) is 98.9 cm³/mol. The van der Waals surface area contributed by atoms with Crippen molar-refractivity contribution in [2.75, 3.05) is 20.8 Å². The molecule has 1 aliphatic heterocycles. The quantitative estimate of drug-likeness (QED) is 0.893. The highest BCUT2D eigenvalue weighted by atomic mass is 16.5. The van der Waals surface area contributed by atoms with Gasteiger partial charge in [-0.25, -0.2) is 4.98 Å². The molecule has 138 valence electrons. The number of benzene rings is 1. The van der Waals surface area contributed by atoms with Crippen molar-refractivity contribution in [1.29, 1.82) is 0 Å². The van der Waals surface area contributed by atoms with Crippen LogP contribution in [0.15, 0.2) is 16.9 Å². The number of methoxy groups -OCH3 is 2. The van der Waals surface area contributed by atoms with E-state index in [0.29, 0.717) is 12.5 Å². The maximum absolute atomic E-state index is 12.3. The Kier molecular flexibility index (Phi) is 4.44. The molecule has 0 bridgehead atoms. The molecule has 0 unspecified atom stereocenters. The van der Waals surface area contributed by atoms with Crippen LogP contribution in [-0.2, 0) is 19.5 Å². The third kappa shape index (κ3) is 3.09. The molecule has 6 heteroatoms. The summed E-state index contributed by atoms with van der Waals surface area (Å²) in [6.45, 7) is 4.32. The number of aromatic amines is 1. The monoisotopic (exact) mass is 355 g/mol. The van der Waals surface area contributed by atoms with Crippen LogP contribution in [-0.4, -0.2) is 35.6 Å². The number of ether oxygens (including phenoxy) is 2. The SMILES string of the molecule is COc1ccc(CN2CCc3c(nc(C4CC4)[nH]c3=O)C2)c(OC)c1C. The fourth-order valence-electron chi connectivity index (χ4n) is 3.80. The van der Waals surface area contributed by atoms with Gasteiger partial charge in [-0.1, -0.05) is 6.07 Å². The third-order valence-corrected chi connectivity index (χ3v) is 5.39. The first kappa shape index (κ1) is 17.1. The first-order chi connectivity index (χ1) is 12.6. The lowest BCUT2D eigenvalue weighted by atomic mass is 10.0. The number of rotatable bonds is 5. The average molecular weight is 355 g/mol. The average Bonchev–Trinajstić information content (AvgIpc) is 3.47. The van der Waals surface area contributed by atoms with Gasteiger partial charge in [0.1, 0.15) is 17.3 Å². The van der Waals surface area contributed by atoms with Crippen molar-refractivity contribution in [2.24, 2.45) is 0 Å². The van der Waals surface area contributed by atoms with Crippen molar-refractivity contribution in [3.63, 3.8) is 0 Å². The van der Waals surface area contributed by atoms with Crippen LogP contribution in [0, 0.1) is 6.92 Å². The van der Waals surface area contributed by atoms with Gasteiger partial charge in [0.05, 0.1) is 19.9 Å². The van der Waals surface area contributed by atoms with Gasteiger partial charge in [-0.3, -0.25) is 9.69 Å². The van der Waals surface area contributed by atoms with E-state index in [2.05, 4.69) is 16.0 Å². The van der Waals surface area contributed by atoms with Crippen LogP contribution < -0.4 is 15.0 Å². The number of aromatic nitrogens is 2. The Morgan fingerprint density at radius 3 is 2.77 bits per heavy atom.